The summed E-state index contributed by atoms with van der Waals surface area (Å²) in [5.41, 5.74) is 3.99. The Hall–Kier alpha value is -1.25. The largest absolute Gasteiger partial charge is 0.355 e. The van der Waals surface area contributed by atoms with Gasteiger partial charge in [-0.25, -0.2) is 0 Å². The van der Waals surface area contributed by atoms with Gasteiger partial charge >= 0.3 is 0 Å². The molecule has 94 valence electrons. The van der Waals surface area contributed by atoms with Gasteiger partial charge in [-0.3, -0.25) is 4.79 Å². The van der Waals surface area contributed by atoms with E-state index in [1.54, 1.807) is 0 Å². The molecule has 17 heavy (non-hydrogen) atoms. The monoisotopic (exact) mass is 234 g/mol. The Labute approximate surface area is 103 Å². The zero-order chi connectivity index (χ0) is 12.6. The molecule has 1 amide bonds. The number of amides is 1. The van der Waals surface area contributed by atoms with Gasteiger partial charge in [-0.2, -0.15) is 0 Å². The van der Waals surface area contributed by atoms with Crippen molar-refractivity contribution in [3.63, 3.8) is 0 Å². The fraction of sp³-hybridized carbons (Fsp3) is 0.643. The van der Waals surface area contributed by atoms with Gasteiger partial charge in [0, 0.05) is 36.8 Å². The zero-order valence-corrected chi connectivity index (χ0v) is 11.2. The van der Waals surface area contributed by atoms with Crippen molar-refractivity contribution in [2.24, 2.45) is 5.92 Å². The highest BCUT2D eigenvalue weighted by molar-refractivity contribution is 5.79. The number of aromatic nitrogens is 1. The van der Waals surface area contributed by atoms with E-state index in [0.717, 1.165) is 13.1 Å². The van der Waals surface area contributed by atoms with Crippen molar-refractivity contribution in [2.75, 3.05) is 6.54 Å². The predicted molar refractivity (Wildman–Crippen MR) is 69.1 cm³/mol. The molecule has 2 rings (SSSR count). The first-order chi connectivity index (χ1) is 7.99. The van der Waals surface area contributed by atoms with Crippen LogP contribution < -0.4 is 5.32 Å². The molecule has 0 aromatic carbocycles. The molecule has 0 aliphatic carbocycles. The quantitative estimate of drug-likeness (QED) is 0.856. The first kappa shape index (κ1) is 12.2. The number of hydrogen-bond acceptors (Lipinski definition) is 1. The Morgan fingerprint density at radius 1 is 1.47 bits per heavy atom. The van der Waals surface area contributed by atoms with Gasteiger partial charge in [-0.15, -0.1) is 0 Å². The fourth-order valence-corrected chi connectivity index (χ4v) is 2.71. The summed E-state index contributed by atoms with van der Waals surface area (Å²) < 4.78 is 2.38. The fourth-order valence-electron chi connectivity index (χ4n) is 2.71. The van der Waals surface area contributed by atoms with Crippen LogP contribution in [0.25, 0.3) is 0 Å². The zero-order valence-electron chi connectivity index (χ0n) is 11.2. The lowest BCUT2D eigenvalue weighted by Gasteiger charge is -2.13. The summed E-state index contributed by atoms with van der Waals surface area (Å²) in [5, 5.41) is 2.92. The number of hydrogen-bond donors (Lipinski definition) is 1. The van der Waals surface area contributed by atoms with Crippen LogP contribution in [0.15, 0.2) is 6.07 Å². The van der Waals surface area contributed by atoms with E-state index < -0.39 is 0 Å². The molecule has 1 aromatic rings. The van der Waals surface area contributed by atoms with Gasteiger partial charge in [0.15, 0.2) is 0 Å². The molecule has 3 nitrogen and oxygen atoms in total. The maximum absolute atomic E-state index is 11.3. The first-order valence-corrected chi connectivity index (χ1v) is 6.42. The number of nitrogens with one attached hydrogen (secondary N) is 1. The van der Waals surface area contributed by atoms with Gasteiger partial charge in [0.2, 0.25) is 5.91 Å². The van der Waals surface area contributed by atoms with E-state index in [1.807, 2.05) is 0 Å². The van der Waals surface area contributed by atoms with E-state index >= 15 is 0 Å². The summed E-state index contributed by atoms with van der Waals surface area (Å²) in [6, 6.07) is 2.25. The van der Waals surface area contributed by atoms with Gasteiger partial charge in [0.1, 0.15) is 0 Å². The summed E-state index contributed by atoms with van der Waals surface area (Å²) in [6.45, 7) is 10.7. The lowest BCUT2D eigenvalue weighted by molar-refractivity contribution is -0.119. The van der Waals surface area contributed by atoms with Crippen molar-refractivity contribution in [2.45, 2.75) is 46.6 Å². The molecule has 1 N–H and O–H groups in total. The Morgan fingerprint density at radius 3 is 2.71 bits per heavy atom. The number of aryl methyl sites for hydroxylation is 1. The minimum Gasteiger partial charge on any atom is -0.355 e. The topological polar surface area (TPSA) is 34.0 Å². The van der Waals surface area contributed by atoms with Crippen molar-refractivity contribution in [1.29, 1.82) is 0 Å². The average molecular weight is 234 g/mol. The van der Waals surface area contributed by atoms with Gasteiger partial charge in [0.05, 0.1) is 0 Å². The molecule has 0 bridgehead atoms. The molecule has 1 atom stereocenters. The van der Waals surface area contributed by atoms with Gasteiger partial charge in [-0.05, 0) is 31.4 Å². The molecular formula is C14H22N2O. The number of carbonyl (C=O) groups excluding carboxylic acids is 1. The highest BCUT2D eigenvalue weighted by Crippen LogP contribution is 2.29. The van der Waals surface area contributed by atoms with Crippen LogP contribution >= 0.6 is 0 Å². The minimum atomic E-state index is 0.184. The molecule has 0 saturated carbocycles. The predicted octanol–water partition coefficient (Wildman–Crippen LogP) is 2.36. The third-order valence-corrected chi connectivity index (χ3v) is 3.58. The third kappa shape index (κ3) is 2.38. The Morgan fingerprint density at radius 2 is 2.18 bits per heavy atom. The van der Waals surface area contributed by atoms with E-state index in [1.165, 1.54) is 17.0 Å². The second-order valence-electron chi connectivity index (χ2n) is 5.54. The maximum atomic E-state index is 11.3. The van der Waals surface area contributed by atoms with Gasteiger partial charge < -0.3 is 9.88 Å². The molecule has 1 aromatic heterocycles. The van der Waals surface area contributed by atoms with Crippen LogP contribution in [-0.4, -0.2) is 17.0 Å². The molecule has 3 heteroatoms. The van der Waals surface area contributed by atoms with Crippen LogP contribution in [0.5, 0.6) is 0 Å². The second kappa shape index (κ2) is 4.55. The standard InChI is InChI=1S/C14H22N2O/c1-9(2)8-16-10(3)5-13(11(16)4)12-6-14(17)15-7-12/h5,9,12H,6-8H2,1-4H3,(H,15,17). The molecule has 2 heterocycles. The van der Waals surface area contributed by atoms with E-state index in [-0.39, 0.29) is 5.91 Å². The van der Waals surface area contributed by atoms with Crippen LogP contribution in [0.2, 0.25) is 0 Å². The molecule has 0 spiro atoms. The van der Waals surface area contributed by atoms with Crippen molar-refractivity contribution in [3.05, 3.63) is 23.0 Å². The Bertz CT molecular complexity index is 432. The highest BCUT2D eigenvalue weighted by Gasteiger charge is 2.26. The molecule has 1 unspecified atom stereocenters. The van der Waals surface area contributed by atoms with Crippen LogP contribution in [0, 0.1) is 19.8 Å². The second-order valence-corrected chi connectivity index (χ2v) is 5.54. The van der Waals surface area contributed by atoms with E-state index in [2.05, 4.69) is 43.6 Å². The minimum absolute atomic E-state index is 0.184. The molecule has 0 radical (unpaired) electrons. The Kier molecular flexibility index (Phi) is 3.27. The SMILES string of the molecule is Cc1cc(C2CNC(=O)C2)c(C)n1CC(C)C. The number of rotatable bonds is 3. The first-order valence-electron chi connectivity index (χ1n) is 6.42. The number of nitrogens with zero attached hydrogens (tertiary/aromatic N) is 1. The summed E-state index contributed by atoms with van der Waals surface area (Å²) in [5.74, 6) is 1.20. The summed E-state index contributed by atoms with van der Waals surface area (Å²) in [4.78, 5) is 11.3. The van der Waals surface area contributed by atoms with Crippen molar-refractivity contribution in [1.82, 2.24) is 9.88 Å². The normalized spacial score (nSPS) is 20.1. The van der Waals surface area contributed by atoms with E-state index in [4.69, 9.17) is 0 Å². The van der Waals surface area contributed by atoms with Crippen LogP contribution in [-0.2, 0) is 11.3 Å². The lowest BCUT2D eigenvalue weighted by Crippen LogP contribution is -2.13. The smallest absolute Gasteiger partial charge is 0.220 e. The lowest BCUT2D eigenvalue weighted by atomic mass is 9.98. The van der Waals surface area contributed by atoms with Crippen LogP contribution in [0.1, 0.15) is 43.1 Å². The summed E-state index contributed by atoms with van der Waals surface area (Å²) in [7, 11) is 0. The Balaban J connectivity index is 2.27. The van der Waals surface area contributed by atoms with Crippen molar-refractivity contribution >= 4 is 5.91 Å². The summed E-state index contributed by atoms with van der Waals surface area (Å²) >= 11 is 0. The van der Waals surface area contributed by atoms with Gasteiger partial charge in [0.25, 0.3) is 0 Å². The van der Waals surface area contributed by atoms with Crippen LogP contribution in [0.3, 0.4) is 0 Å². The van der Waals surface area contributed by atoms with E-state index in [9.17, 15) is 4.79 Å². The third-order valence-electron chi connectivity index (χ3n) is 3.58. The van der Waals surface area contributed by atoms with Crippen molar-refractivity contribution in [3.8, 4) is 0 Å². The highest BCUT2D eigenvalue weighted by atomic mass is 16.1. The molecular weight excluding hydrogens is 212 g/mol. The maximum Gasteiger partial charge on any atom is 0.220 e. The summed E-state index contributed by atoms with van der Waals surface area (Å²) in [6.07, 6.45) is 0.645. The van der Waals surface area contributed by atoms with Crippen LogP contribution in [0.4, 0.5) is 0 Å². The molecule has 1 fully saturated rings. The van der Waals surface area contributed by atoms with Gasteiger partial charge in [-0.1, -0.05) is 13.8 Å². The number of carbonyl (C=O) groups is 1. The molecule has 1 aliphatic heterocycles. The van der Waals surface area contributed by atoms with E-state index in [0.29, 0.717) is 18.3 Å². The average Bonchev–Trinajstić information content (AvgIpc) is 2.76. The van der Waals surface area contributed by atoms with Crippen molar-refractivity contribution < 1.29 is 4.79 Å². The molecule has 1 aliphatic rings. The molecule has 1 saturated heterocycles.